The first-order chi connectivity index (χ1) is 23.9. The highest BCUT2D eigenvalue weighted by atomic mass is 35.5. The van der Waals surface area contributed by atoms with Crippen LogP contribution in [0.4, 0.5) is 5.82 Å². The highest BCUT2D eigenvalue weighted by molar-refractivity contribution is 7.63. The minimum atomic E-state index is -2.23. The van der Waals surface area contributed by atoms with E-state index in [1.165, 1.54) is 0 Å². The molecule has 1 fully saturated rings. The summed E-state index contributed by atoms with van der Waals surface area (Å²) >= 11 is 6.51. The highest BCUT2D eigenvalue weighted by Gasteiger charge is 2.31. The average Bonchev–Trinajstić information content (AvgIpc) is 3.83. The Bertz CT molecular complexity index is 1530. The van der Waals surface area contributed by atoms with Crippen molar-refractivity contribution < 1.29 is 47.3 Å². The van der Waals surface area contributed by atoms with E-state index in [0.29, 0.717) is 89.0 Å². The molecule has 0 saturated carbocycles. The molecule has 3 aromatic heterocycles. The number of hydrogen-bond acceptors (Lipinski definition) is 14. The van der Waals surface area contributed by atoms with Crippen LogP contribution in [0.2, 0.25) is 5.28 Å². The van der Waals surface area contributed by atoms with Gasteiger partial charge in [-0.05, 0) is 43.0 Å². The largest absolute Gasteiger partial charge is 0.459 e. The van der Waals surface area contributed by atoms with Crippen LogP contribution in [0.3, 0.4) is 0 Å². The lowest BCUT2D eigenvalue weighted by Gasteiger charge is -2.23. The van der Waals surface area contributed by atoms with Crippen molar-refractivity contribution in [2.45, 2.75) is 45.1 Å². The normalized spacial score (nSPS) is 17.2. The molecule has 49 heavy (non-hydrogen) atoms. The van der Waals surface area contributed by atoms with E-state index in [9.17, 15) is 4.89 Å². The summed E-state index contributed by atoms with van der Waals surface area (Å²) in [4.78, 5) is 39.3. The standard InChI is InChI=1S/C31H44ClN5O10P2/c1-2-10-41-12-14-43-16-17-44-15-13-42-11-9-36(20-25-18-23-5-3-4-6-27(23)46-25)29-26-19-33-37(30(26)35-31(32)34-29)28-8-7-24(47-28)21-45-49(40)22-48(38)39/h3-6,18-19,24,28,38-40H,2,7-17,20-22H2,1H3. The first-order valence-corrected chi connectivity index (χ1v) is 19.5. The molecular weight excluding hydrogens is 700 g/mol. The van der Waals surface area contributed by atoms with E-state index in [1.54, 1.807) is 10.9 Å². The van der Waals surface area contributed by atoms with E-state index in [2.05, 4.69) is 22.0 Å². The van der Waals surface area contributed by atoms with E-state index < -0.39 is 23.0 Å². The molecular formula is C31H44ClN5O10P2. The van der Waals surface area contributed by atoms with Gasteiger partial charge in [-0.1, -0.05) is 25.1 Å². The van der Waals surface area contributed by atoms with Crippen molar-refractivity contribution in [1.82, 2.24) is 19.7 Å². The van der Waals surface area contributed by atoms with Crippen LogP contribution in [0.1, 0.15) is 38.2 Å². The second-order valence-corrected chi connectivity index (χ2v) is 14.4. The molecule has 1 saturated heterocycles. The fraction of sp³-hybridized carbons (Fsp3) is 0.581. The number of hydrogen-bond donors (Lipinski definition) is 3. The van der Waals surface area contributed by atoms with Crippen LogP contribution in [-0.4, -0.2) is 112 Å². The Morgan fingerprint density at radius 3 is 2.39 bits per heavy atom. The summed E-state index contributed by atoms with van der Waals surface area (Å²) in [7, 11) is -4.16. The van der Waals surface area contributed by atoms with Crippen molar-refractivity contribution >= 4 is 56.2 Å². The van der Waals surface area contributed by atoms with Gasteiger partial charge in [-0.2, -0.15) is 15.1 Å². The summed E-state index contributed by atoms with van der Waals surface area (Å²) in [5.41, 5.74) is 1.31. The van der Waals surface area contributed by atoms with E-state index in [1.807, 2.05) is 35.2 Å². The summed E-state index contributed by atoms with van der Waals surface area (Å²) in [5.74, 6) is 1.15. The van der Waals surface area contributed by atoms with Crippen molar-refractivity contribution in [3.8, 4) is 0 Å². The van der Waals surface area contributed by atoms with Crippen LogP contribution < -0.4 is 4.90 Å². The van der Waals surface area contributed by atoms with Crippen LogP contribution in [0.5, 0.6) is 0 Å². The Morgan fingerprint density at radius 1 is 0.959 bits per heavy atom. The second kappa shape index (κ2) is 20.1. The van der Waals surface area contributed by atoms with Crippen molar-refractivity contribution in [3.05, 3.63) is 47.6 Å². The summed E-state index contributed by atoms with van der Waals surface area (Å²) in [6, 6.07) is 9.85. The molecule has 3 unspecified atom stereocenters. The number of nitrogens with zero attached hydrogens (tertiary/aromatic N) is 5. The number of benzene rings is 1. The molecule has 1 aliphatic heterocycles. The minimum absolute atomic E-state index is 0.0561. The van der Waals surface area contributed by atoms with Gasteiger partial charge in [-0.3, -0.25) is 0 Å². The van der Waals surface area contributed by atoms with Crippen LogP contribution in [0, 0.1) is 0 Å². The molecule has 15 nitrogen and oxygen atoms in total. The number of ether oxygens (including phenoxy) is 5. The van der Waals surface area contributed by atoms with Crippen LogP contribution in [0.25, 0.3) is 22.0 Å². The maximum atomic E-state index is 9.90. The molecule has 3 N–H and O–H groups in total. The summed E-state index contributed by atoms with van der Waals surface area (Å²) < 4.78 is 41.9. The van der Waals surface area contributed by atoms with Crippen molar-refractivity contribution in [3.63, 3.8) is 0 Å². The summed E-state index contributed by atoms with van der Waals surface area (Å²) in [6.45, 7) is 7.17. The van der Waals surface area contributed by atoms with Crippen molar-refractivity contribution in [2.24, 2.45) is 0 Å². The van der Waals surface area contributed by atoms with Gasteiger partial charge in [0.15, 0.2) is 28.6 Å². The molecule has 5 rings (SSSR count). The van der Waals surface area contributed by atoms with E-state index >= 15 is 0 Å². The monoisotopic (exact) mass is 743 g/mol. The predicted octanol–water partition coefficient (Wildman–Crippen LogP) is 4.96. The zero-order chi connectivity index (χ0) is 34.4. The number of anilines is 1. The molecule has 0 amide bonds. The predicted molar refractivity (Wildman–Crippen MR) is 186 cm³/mol. The third-order valence-corrected chi connectivity index (χ3v) is 10.1. The molecule has 0 spiro atoms. The van der Waals surface area contributed by atoms with E-state index in [0.717, 1.165) is 29.8 Å². The molecule has 4 heterocycles. The number of para-hydroxylation sites is 1. The Labute approximate surface area is 292 Å². The molecule has 18 heteroatoms. The number of rotatable bonds is 23. The van der Waals surface area contributed by atoms with Gasteiger partial charge in [0.05, 0.1) is 83.0 Å². The lowest BCUT2D eigenvalue weighted by Crippen LogP contribution is -2.28. The van der Waals surface area contributed by atoms with Gasteiger partial charge in [0.25, 0.3) is 0 Å². The topological polar surface area (TPSA) is 176 Å². The molecule has 0 radical (unpaired) electrons. The quantitative estimate of drug-likeness (QED) is 0.0528. The van der Waals surface area contributed by atoms with Crippen LogP contribution in [0.15, 0.2) is 40.9 Å². The lowest BCUT2D eigenvalue weighted by atomic mass is 10.2. The molecule has 1 aliphatic rings. The van der Waals surface area contributed by atoms with Crippen LogP contribution >= 0.6 is 28.4 Å². The highest BCUT2D eigenvalue weighted by Crippen LogP contribution is 2.44. The van der Waals surface area contributed by atoms with Gasteiger partial charge in [0, 0.05) is 18.5 Å². The first-order valence-electron chi connectivity index (χ1n) is 16.3. The van der Waals surface area contributed by atoms with Gasteiger partial charge in [-0.15, -0.1) is 0 Å². The maximum absolute atomic E-state index is 9.90. The number of furan rings is 1. The molecule has 4 aromatic rings. The average molecular weight is 744 g/mol. The van der Waals surface area contributed by atoms with E-state index in [4.69, 9.17) is 54.0 Å². The SMILES string of the molecule is CCCOCCOCCOCCOCCN(Cc1cc2ccccc2o1)c1nc(Cl)nc2c1cnn2C1CCC(COP(O)CP(O)O)O1. The molecule has 0 bridgehead atoms. The Morgan fingerprint density at radius 2 is 1.67 bits per heavy atom. The van der Waals surface area contributed by atoms with Crippen molar-refractivity contribution in [2.75, 3.05) is 76.8 Å². The van der Waals surface area contributed by atoms with Gasteiger partial charge >= 0.3 is 0 Å². The number of halogens is 1. The van der Waals surface area contributed by atoms with Crippen molar-refractivity contribution in [1.29, 1.82) is 0 Å². The number of aromatic nitrogens is 4. The van der Waals surface area contributed by atoms with Gasteiger partial charge in [-0.25, -0.2) is 4.68 Å². The van der Waals surface area contributed by atoms with Gasteiger partial charge < -0.3 is 52.2 Å². The Hall–Kier alpha value is -2.10. The minimum Gasteiger partial charge on any atom is -0.459 e. The maximum Gasteiger partial charge on any atom is 0.226 e. The smallest absolute Gasteiger partial charge is 0.226 e. The zero-order valence-corrected chi connectivity index (χ0v) is 30.0. The molecule has 3 atom stereocenters. The summed E-state index contributed by atoms with van der Waals surface area (Å²) in [6.07, 6.45) is 3.25. The lowest BCUT2D eigenvalue weighted by molar-refractivity contribution is -0.0213. The fourth-order valence-electron chi connectivity index (χ4n) is 5.29. The Kier molecular flexibility index (Phi) is 15.6. The second-order valence-electron chi connectivity index (χ2n) is 11.2. The summed E-state index contributed by atoms with van der Waals surface area (Å²) in [5, 5.41) is 6.35. The Balaban J connectivity index is 1.21. The zero-order valence-electron chi connectivity index (χ0n) is 27.4. The van der Waals surface area contributed by atoms with Gasteiger partial charge in [0.2, 0.25) is 5.28 Å². The van der Waals surface area contributed by atoms with E-state index in [-0.39, 0.29) is 23.9 Å². The third-order valence-electron chi connectivity index (χ3n) is 7.51. The van der Waals surface area contributed by atoms with Crippen LogP contribution in [-0.2, 0) is 34.8 Å². The molecule has 1 aromatic carbocycles. The number of fused-ring (bicyclic) bond motifs is 2. The molecule has 270 valence electrons. The van der Waals surface area contributed by atoms with Gasteiger partial charge in [0.1, 0.15) is 17.2 Å². The molecule has 0 aliphatic carbocycles. The third kappa shape index (κ3) is 11.7. The fourth-order valence-corrected chi connectivity index (χ4v) is 6.98. The first kappa shape index (κ1) is 38.1.